The molecule has 2 atom stereocenters. The maximum Gasteiger partial charge on any atom is 0.152 e. The Kier molecular flexibility index (Phi) is 3.21. The molecule has 2 aromatic rings. The lowest BCUT2D eigenvalue weighted by molar-refractivity contribution is 0.455. The Morgan fingerprint density at radius 2 is 2.00 bits per heavy atom. The van der Waals surface area contributed by atoms with Crippen LogP contribution in [0.4, 0.5) is 5.82 Å². The number of aryl methyl sites for hydroxylation is 2. The van der Waals surface area contributed by atoms with E-state index in [4.69, 9.17) is 4.42 Å². The number of rotatable bonds is 5. The highest BCUT2D eigenvalue weighted by molar-refractivity contribution is 5.43. The monoisotopic (exact) mass is 297 g/mol. The summed E-state index contributed by atoms with van der Waals surface area (Å²) in [6, 6.07) is 7.02. The lowest BCUT2D eigenvalue weighted by atomic mass is 10.2. The Bertz CT molecular complexity index is 689. The maximum atomic E-state index is 6.07. The molecule has 0 spiro atoms. The van der Waals surface area contributed by atoms with E-state index in [1.807, 2.05) is 6.92 Å². The van der Waals surface area contributed by atoms with Crippen molar-refractivity contribution in [3.63, 3.8) is 0 Å². The molecule has 0 N–H and O–H groups in total. The third-order valence-corrected chi connectivity index (χ3v) is 4.98. The largest absolute Gasteiger partial charge is 0.464 e. The number of furan rings is 1. The molecule has 4 rings (SSSR count). The Morgan fingerprint density at radius 3 is 2.64 bits per heavy atom. The summed E-state index contributed by atoms with van der Waals surface area (Å²) in [5, 5.41) is 8.68. The van der Waals surface area contributed by atoms with Crippen molar-refractivity contribution >= 4 is 5.82 Å². The van der Waals surface area contributed by atoms with E-state index in [0.29, 0.717) is 12.0 Å². The van der Waals surface area contributed by atoms with Gasteiger partial charge in [-0.3, -0.25) is 0 Å². The minimum Gasteiger partial charge on any atom is -0.464 e. The van der Waals surface area contributed by atoms with E-state index >= 15 is 0 Å². The van der Waals surface area contributed by atoms with Crippen molar-refractivity contribution in [1.29, 1.82) is 0 Å². The highest BCUT2D eigenvalue weighted by Crippen LogP contribution is 2.47. The van der Waals surface area contributed by atoms with Crippen LogP contribution in [0.3, 0.4) is 0 Å². The predicted octanol–water partition coefficient (Wildman–Crippen LogP) is 3.98. The summed E-state index contributed by atoms with van der Waals surface area (Å²) in [7, 11) is 0. The molecule has 0 aliphatic heterocycles. The first-order valence-corrected chi connectivity index (χ1v) is 8.28. The Labute approximate surface area is 131 Å². The van der Waals surface area contributed by atoms with Crippen molar-refractivity contribution in [1.82, 2.24) is 10.2 Å². The number of anilines is 1. The van der Waals surface area contributed by atoms with Crippen molar-refractivity contribution in [2.24, 2.45) is 5.92 Å². The van der Waals surface area contributed by atoms with Crippen LogP contribution in [-0.2, 0) is 6.54 Å². The average molecular weight is 297 g/mol. The molecule has 2 fully saturated rings. The Balaban J connectivity index is 1.54. The van der Waals surface area contributed by atoms with Gasteiger partial charge in [-0.15, -0.1) is 5.10 Å². The van der Waals surface area contributed by atoms with Gasteiger partial charge in [0.05, 0.1) is 12.2 Å². The molecule has 2 aromatic heterocycles. The Morgan fingerprint density at radius 1 is 1.23 bits per heavy atom. The number of hydrogen-bond acceptors (Lipinski definition) is 4. The first-order chi connectivity index (χ1) is 10.6. The van der Waals surface area contributed by atoms with Crippen LogP contribution < -0.4 is 4.90 Å². The molecule has 22 heavy (non-hydrogen) atoms. The normalized spacial score (nSPS) is 23.6. The van der Waals surface area contributed by atoms with Gasteiger partial charge in [-0.25, -0.2) is 0 Å². The van der Waals surface area contributed by atoms with E-state index in [-0.39, 0.29) is 0 Å². The smallest absolute Gasteiger partial charge is 0.152 e. The summed E-state index contributed by atoms with van der Waals surface area (Å²) < 4.78 is 6.07. The molecular formula is C18H23N3O. The summed E-state index contributed by atoms with van der Waals surface area (Å²) in [6.07, 6.45) is 3.74. The molecular weight excluding hydrogens is 274 g/mol. The van der Waals surface area contributed by atoms with Crippen LogP contribution in [0.15, 0.2) is 22.6 Å². The average Bonchev–Trinajstić information content (AvgIpc) is 3.41. The molecule has 2 saturated carbocycles. The quantitative estimate of drug-likeness (QED) is 0.837. The van der Waals surface area contributed by atoms with Gasteiger partial charge in [0.15, 0.2) is 5.82 Å². The fourth-order valence-corrected chi connectivity index (χ4v) is 3.02. The first kappa shape index (κ1) is 13.8. The van der Waals surface area contributed by atoms with Gasteiger partial charge >= 0.3 is 0 Å². The molecule has 2 heterocycles. The van der Waals surface area contributed by atoms with Crippen LogP contribution in [-0.4, -0.2) is 16.2 Å². The maximum absolute atomic E-state index is 6.07. The second-order valence-electron chi connectivity index (χ2n) is 6.95. The van der Waals surface area contributed by atoms with Gasteiger partial charge in [-0.2, -0.15) is 5.10 Å². The zero-order valence-corrected chi connectivity index (χ0v) is 13.5. The predicted molar refractivity (Wildman–Crippen MR) is 85.9 cm³/mol. The van der Waals surface area contributed by atoms with Crippen LogP contribution in [0.25, 0.3) is 0 Å². The van der Waals surface area contributed by atoms with E-state index in [2.05, 4.69) is 47.1 Å². The van der Waals surface area contributed by atoms with Gasteiger partial charge in [0, 0.05) is 12.0 Å². The van der Waals surface area contributed by atoms with Crippen molar-refractivity contribution in [2.45, 2.75) is 58.5 Å². The van der Waals surface area contributed by atoms with Gasteiger partial charge in [0.2, 0.25) is 0 Å². The van der Waals surface area contributed by atoms with E-state index in [9.17, 15) is 0 Å². The number of hydrogen-bond donors (Lipinski definition) is 0. The lowest BCUT2D eigenvalue weighted by Crippen LogP contribution is -2.26. The molecule has 0 aromatic carbocycles. The molecule has 2 aliphatic rings. The summed E-state index contributed by atoms with van der Waals surface area (Å²) in [6.45, 7) is 7.18. The molecule has 2 aliphatic carbocycles. The second-order valence-corrected chi connectivity index (χ2v) is 6.95. The first-order valence-electron chi connectivity index (χ1n) is 8.28. The van der Waals surface area contributed by atoms with E-state index < -0.39 is 0 Å². The highest BCUT2D eigenvalue weighted by Gasteiger charge is 2.37. The van der Waals surface area contributed by atoms with Crippen molar-refractivity contribution < 1.29 is 4.42 Å². The lowest BCUT2D eigenvalue weighted by Gasteiger charge is -2.22. The second kappa shape index (κ2) is 5.11. The summed E-state index contributed by atoms with van der Waals surface area (Å²) in [5.41, 5.74) is 2.20. The molecule has 0 bridgehead atoms. The van der Waals surface area contributed by atoms with Crippen LogP contribution in [0.2, 0.25) is 0 Å². The van der Waals surface area contributed by atoms with Crippen LogP contribution in [0.1, 0.15) is 54.9 Å². The number of aromatic nitrogens is 2. The fraction of sp³-hybridized carbons (Fsp3) is 0.556. The van der Waals surface area contributed by atoms with E-state index in [1.165, 1.54) is 24.8 Å². The van der Waals surface area contributed by atoms with Crippen molar-refractivity contribution in [3.8, 4) is 0 Å². The zero-order valence-electron chi connectivity index (χ0n) is 13.5. The van der Waals surface area contributed by atoms with Crippen LogP contribution >= 0.6 is 0 Å². The topological polar surface area (TPSA) is 42.2 Å². The van der Waals surface area contributed by atoms with Gasteiger partial charge in [-0.1, -0.05) is 6.92 Å². The molecule has 116 valence electrons. The van der Waals surface area contributed by atoms with Gasteiger partial charge < -0.3 is 9.32 Å². The van der Waals surface area contributed by atoms with Gasteiger partial charge in [0.25, 0.3) is 0 Å². The number of nitrogens with zero attached hydrogens (tertiary/aromatic N) is 3. The van der Waals surface area contributed by atoms with Crippen LogP contribution in [0.5, 0.6) is 0 Å². The molecule has 2 unspecified atom stereocenters. The SMILES string of the molecule is Cc1cc(N(Cc2ccc(C3CC3C)o2)C2CC2)nnc1C. The van der Waals surface area contributed by atoms with Crippen molar-refractivity contribution in [2.75, 3.05) is 4.90 Å². The minimum absolute atomic E-state index is 0.588. The Hall–Kier alpha value is -1.84. The summed E-state index contributed by atoms with van der Waals surface area (Å²) in [4.78, 5) is 2.35. The molecule has 4 nitrogen and oxygen atoms in total. The van der Waals surface area contributed by atoms with E-state index in [0.717, 1.165) is 35.5 Å². The standard InChI is InChI=1S/C18H23N3O/c1-11-9-18(20-19-13(11)3)21(14-4-5-14)10-15-6-7-17(22-15)16-8-12(16)2/h6-7,9,12,14,16H,4-5,8,10H2,1-3H3. The van der Waals surface area contributed by atoms with E-state index in [1.54, 1.807) is 0 Å². The molecule has 0 saturated heterocycles. The molecule has 0 amide bonds. The minimum atomic E-state index is 0.588. The fourth-order valence-electron chi connectivity index (χ4n) is 3.02. The van der Waals surface area contributed by atoms with Crippen molar-refractivity contribution in [3.05, 3.63) is 41.0 Å². The highest BCUT2D eigenvalue weighted by atomic mass is 16.3. The summed E-state index contributed by atoms with van der Waals surface area (Å²) >= 11 is 0. The third kappa shape index (κ3) is 2.62. The van der Waals surface area contributed by atoms with Gasteiger partial charge in [0.1, 0.15) is 11.5 Å². The zero-order chi connectivity index (χ0) is 15.3. The summed E-state index contributed by atoms with van der Waals surface area (Å²) in [5.74, 6) is 4.60. The van der Waals surface area contributed by atoms with Crippen LogP contribution in [0, 0.1) is 19.8 Å². The van der Waals surface area contributed by atoms with Gasteiger partial charge in [-0.05, 0) is 62.8 Å². The molecule has 0 radical (unpaired) electrons. The third-order valence-electron chi connectivity index (χ3n) is 4.98. The molecule has 4 heteroatoms.